The Hall–Kier alpha value is -0.840. The number of alkyl halides is 1. The standard InChI is InChI=1S/C9H14BrN3O/c1-2-7(10)3-5-11-9(14)8-4-6-12-13-8/h4,6-7H,2-3,5H2,1H3,(H,11,14)(H,12,13). The molecule has 0 aliphatic rings. The number of rotatable bonds is 5. The minimum absolute atomic E-state index is 0.0988. The van der Waals surface area contributed by atoms with Gasteiger partial charge in [-0.2, -0.15) is 5.10 Å². The molecule has 0 saturated carbocycles. The second-order valence-electron chi connectivity index (χ2n) is 3.02. The molecule has 5 heteroatoms. The van der Waals surface area contributed by atoms with Gasteiger partial charge < -0.3 is 5.32 Å². The van der Waals surface area contributed by atoms with E-state index in [-0.39, 0.29) is 5.91 Å². The van der Waals surface area contributed by atoms with Crippen LogP contribution in [-0.4, -0.2) is 27.5 Å². The molecule has 1 aromatic rings. The molecule has 0 aromatic carbocycles. The smallest absolute Gasteiger partial charge is 0.269 e. The van der Waals surface area contributed by atoms with Crippen LogP contribution in [0, 0.1) is 0 Å². The number of hydrogen-bond acceptors (Lipinski definition) is 2. The normalized spacial score (nSPS) is 12.4. The topological polar surface area (TPSA) is 57.8 Å². The third kappa shape index (κ3) is 3.49. The number of aromatic nitrogens is 2. The van der Waals surface area contributed by atoms with Crippen LogP contribution >= 0.6 is 15.9 Å². The summed E-state index contributed by atoms with van der Waals surface area (Å²) in [5.41, 5.74) is 0.507. The van der Waals surface area contributed by atoms with E-state index in [1.54, 1.807) is 12.3 Å². The summed E-state index contributed by atoms with van der Waals surface area (Å²) in [6, 6.07) is 1.65. The Balaban J connectivity index is 2.23. The quantitative estimate of drug-likeness (QED) is 0.792. The number of carbonyl (C=O) groups is 1. The Kier molecular flexibility index (Phi) is 4.65. The molecule has 78 valence electrons. The van der Waals surface area contributed by atoms with Crippen molar-refractivity contribution in [2.24, 2.45) is 0 Å². The zero-order valence-corrected chi connectivity index (χ0v) is 9.67. The summed E-state index contributed by atoms with van der Waals surface area (Å²) in [5.74, 6) is -0.0988. The van der Waals surface area contributed by atoms with Crippen molar-refractivity contribution in [2.45, 2.75) is 24.6 Å². The van der Waals surface area contributed by atoms with Crippen molar-refractivity contribution in [1.29, 1.82) is 0 Å². The van der Waals surface area contributed by atoms with Crippen LogP contribution < -0.4 is 5.32 Å². The Labute approximate surface area is 91.6 Å². The van der Waals surface area contributed by atoms with Gasteiger partial charge in [0, 0.05) is 17.6 Å². The van der Waals surface area contributed by atoms with Crippen LogP contribution in [0.2, 0.25) is 0 Å². The van der Waals surface area contributed by atoms with E-state index in [1.807, 2.05) is 0 Å². The molecule has 2 N–H and O–H groups in total. The predicted octanol–water partition coefficient (Wildman–Crippen LogP) is 1.70. The molecular weight excluding hydrogens is 246 g/mol. The van der Waals surface area contributed by atoms with Gasteiger partial charge in [0.15, 0.2) is 0 Å². The fourth-order valence-electron chi connectivity index (χ4n) is 1.02. The number of hydrogen-bond donors (Lipinski definition) is 2. The number of nitrogens with zero attached hydrogens (tertiary/aromatic N) is 1. The minimum atomic E-state index is -0.0988. The first-order valence-electron chi connectivity index (χ1n) is 4.65. The molecule has 0 fully saturated rings. The minimum Gasteiger partial charge on any atom is -0.351 e. The molecule has 14 heavy (non-hydrogen) atoms. The molecule has 0 aliphatic carbocycles. The van der Waals surface area contributed by atoms with Gasteiger partial charge in [0.25, 0.3) is 5.91 Å². The van der Waals surface area contributed by atoms with E-state index in [2.05, 4.69) is 38.4 Å². The molecule has 0 saturated heterocycles. The average Bonchev–Trinajstić information content (AvgIpc) is 2.70. The van der Waals surface area contributed by atoms with Gasteiger partial charge in [-0.25, -0.2) is 0 Å². The second kappa shape index (κ2) is 5.80. The molecule has 0 bridgehead atoms. The summed E-state index contributed by atoms with van der Waals surface area (Å²) in [4.78, 5) is 11.9. The average molecular weight is 260 g/mol. The summed E-state index contributed by atoms with van der Waals surface area (Å²) < 4.78 is 0. The van der Waals surface area contributed by atoms with Crippen LogP contribution in [0.4, 0.5) is 0 Å². The lowest BCUT2D eigenvalue weighted by Crippen LogP contribution is -2.26. The van der Waals surface area contributed by atoms with Crippen molar-refractivity contribution in [2.75, 3.05) is 6.54 Å². The first-order chi connectivity index (χ1) is 6.74. The lowest BCUT2D eigenvalue weighted by atomic mass is 10.2. The summed E-state index contributed by atoms with van der Waals surface area (Å²) in [6.07, 6.45) is 3.57. The zero-order valence-electron chi connectivity index (χ0n) is 8.09. The molecule has 1 heterocycles. The Morgan fingerprint density at radius 1 is 1.79 bits per heavy atom. The van der Waals surface area contributed by atoms with Crippen LogP contribution in [0.3, 0.4) is 0 Å². The largest absolute Gasteiger partial charge is 0.351 e. The number of halogens is 1. The lowest BCUT2D eigenvalue weighted by Gasteiger charge is -2.06. The van der Waals surface area contributed by atoms with Gasteiger partial charge in [0.2, 0.25) is 0 Å². The van der Waals surface area contributed by atoms with Crippen LogP contribution in [-0.2, 0) is 0 Å². The zero-order chi connectivity index (χ0) is 10.4. The summed E-state index contributed by atoms with van der Waals surface area (Å²) in [6.45, 7) is 2.79. The third-order valence-electron chi connectivity index (χ3n) is 1.93. The Morgan fingerprint density at radius 2 is 2.57 bits per heavy atom. The SMILES string of the molecule is CCC(Br)CCNC(=O)c1ccn[nH]1. The Bertz CT molecular complexity index is 274. The maximum Gasteiger partial charge on any atom is 0.269 e. The number of carbonyl (C=O) groups excluding carboxylic acids is 1. The molecule has 1 atom stereocenters. The molecular formula is C9H14BrN3O. The molecule has 0 spiro atoms. The van der Waals surface area contributed by atoms with Crippen molar-refractivity contribution < 1.29 is 4.79 Å². The van der Waals surface area contributed by atoms with Gasteiger partial charge >= 0.3 is 0 Å². The molecule has 1 unspecified atom stereocenters. The number of aromatic amines is 1. The molecule has 4 nitrogen and oxygen atoms in total. The van der Waals surface area contributed by atoms with E-state index in [1.165, 1.54) is 0 Å². The summed E-state index contributed by atoms with van der Waals surface area (Å²) >= 11 is 3.50. The fraction of sp³-hybridized carbons (Fsp3) is 0.556. The molecule has 1 aromatic heterocycles. The van der Waals surface area contributed by atoms with Crippen molar-refractivity contribution >= 4 is 21.8 Å². The van der Waals surface area contributed by atoms with E-state index in [0.717, 1.165) is 12.8 Å². The molecule has 0 aliphatic heterocycles. The lowest BCUT2D eigenvalue weighted by molar-refractivity contribution is 0.0948. The van der Waals surface area contributed by atoms with Gasteiger partial charge in [0.1, 0.15) is 5.69 Å². The molecule has 1 amide bonds. The van der Waals surface area contributed by atoms with Gasteiger partial charge in [-0.05, 0) is 18.9 Å². The van der Waals surface area contributed by atoms with Crippen LogP contribution in [0.25, 0.3) is 0 Å². The summed E-state index contributed by atoms with van der Waals surface area (Å²) in [7, 11) is 0. The van der Waals surface area contributed by atoms with Crippen LogP contribution in [0.5, 0.6) is 0 Å². The highest BCUT2D eigenvalue weighted by Gasteiger charge is 2.06. The van der Waals surface area contributed by atoms with E-state index in [4.69, 9.17) is 0 Å². The van der Waals surface area contributed by atoms with E-state index >= 15 is 0 Å². The van der Waals surface area contributed by atoms with Crippen molar-refractivity contribution in [3.8, 4) is 0 Å². The second-order valence-corrected chi connectivity index (χ2v) is 4.32. The fourth-order valence-corrected chi connectivity index (χ4v) is 1.25. The highest BCUT2D eigenvalue weighted by atomic mass is 79.9. The summed E-state index contributed by atoms with van der Waals surface area (Å²) in [5, 5.41) is 9.13. The predicted molar refractivity (Wildman–Crippen MR) is 58.5 cm³/mol. The number of nitrogens with one attached hydrogen (secondary N) is 2. The van der Waals surface area contributed by atoms with Gasteiger partial charge in [-0.15, -0.1) is 0 Å². The molecule has 1 rings (SSSR count). The van der Waals surface area contributed by atoms with Crippen molar-refractivity contribution in [1.82, 2.24) is 15.5 Å². The maximum atomic E-state index is 11.4. The van der Waals surface area contributed by atoms with Crippen LogP contribution in [0.15, 0.2) is 12.3 Å². The van der Waals surface area contributed by atoms with Gasteiger partial charge in [0.05, 0.1) is 0 Å². The van der Waals surface area contributed by atoms with Crippen molar-refractivity contribution in [3.05, 3.63) is 18.0 Å². The van der Waals surface area contributed by atoms with E-state index < -0.39 is 0 Å². The maximum absolute atomic E-state index is 11.4. The highest BCUT2D eigenvalue weighted by Crippen LogP contribution is 2.07. The monoisotopic (exact) mass is 259 g/mol. The van der Waals surface area contributed by atoms with E-state index in [0.29, 0.717) is 17.1 Å². The van der Waals surface area contributed by atoms with Gasteiger partial charge in [-0.1, -0.05) is 22.9 Å². The van der Waals surface area contributed by atoms with E-state index in [9.17, 15) is 4.79 Å². The first kappa shape index (κ1) is 11.2. The Morgan fingerprint density at radius 3 is 3.14 bits per heavy atom. The third-order valence-corrected chi connectivity index (χ3v) is 3.04. The molecule has 0 radical (unpaired) electrons. The highest BCUT2D eigenvalue weighted by molar-refractivity contribution is 9.09. The number of H-pyrrole nitrogens is 1. The van der Waals surface area contributed by atoms with Crippen LogP contribution in [0.1, 0.15) is 30.3 Å². The first-order valence-corrected chi connectivity index (χ1v) is 5.57. The van der Waals surface area contributed by atoms with Crippen molar-refractivity contribution in [3.63, 3.8) is 0 Å². The van der Waals surface area contributed by atoms with Gasteiger partial charge in [-0.3, -0.25) is 9.89 Å². The number of amides is 1.